The average Bonchev–Trinajstić information content (AvgIpc) is 0.903. The van der Waals surface area contributed by atoms with Crippen LogP contribution in [0, 0.1) is 23.7 Å². The van der Waals surface area contributed by atoms with E-state index in [4.69, 9.17) is 37.0 Å². The van der Waals surface area contributed by atoms with Gasteiger partial charge in [0.05, 0.1) is 26.4 Å². The van der Waals surface area contributed by atoms with Gasteiger partial charge in [-0.3, -0.25) is 37.3 Å². The van der Waals surface area contributed by atoms with E-state index in [0.29, 0.717) is 25.7 Å². The molecule has 0 aliphatic carbocycles. The van der Waals surface area contributed by atoms with Crippen LogP contribution in [0.4, 0.5) is 0 Å². The van der Waals surface area contributed by atoms with E-state index in [1.807, 2.05) is 0 Å². The van der Waals surface area contributed by atoms with E-state index in [9.17, 15) is 43.2 Å². The van der Waals surface area contributed by atoms with Gasteiger partial charge >= 0.3 is 39.5 Å². The number of phosphoric ester groups is 2. The second-order valence-electron chi connectivity index (χ2n) is 32.8. The normalized spacial score (nSPS) is 13.9. The summed E-state index contributed by atoms with van der Waals surface area (Å²) in [6.07, 6.45) is 63.9. The Morgan fingerprint density at radius 3 is 0.590 bits per heavy atom. The monoisotopic (exact) mass is 1540 g/mol. The minimum atomic E-state index is -4.97. The molecule has 0 heterocycles. The first-order valence-corrected chi connectivity index (χ1v) is 47.2. The summed E-state index contributed by atoms with van der Waals surface area (Å²) in [7, 11) is -9.93. The first-order valence-electron chi connectivity index (χ1n) is 44.2. The predicted octanol–water partition coefficient (Wildman–Crippen LogP) is 25.9. The van der Waals surface area contributed by atoms with Crippen molar-refractivity contribution in [1.29, 1.82) is 0 Å². The summed E-state index contributed by atoms with van der Waals surface area (Å²) >= 11 is 0. The summed E-state index contributed by atoms with van der Waals surface area (Å²) in [4.78, 5) is 73.2. The molecule has 0 amide bonds. The van der Waals surface area contributed by atoms with Crippen molar-refractivity contribution in [3.8, 4) is 0 Å². The molecule has 0 aromatic rings. The summed E-state index contributed by atoms with van der Waals surface area (Å²) in [5, 5.41) is 10.7. The van der Waals surface area contributed by atoms with Gasteiger partial charge in [-0.05, 0) is 49.4 Å². The van der Waals surface area contributed by atoms with Gasteiger partial charge in [-0.1, -0.05) is 396 Å². The van der Waals surface area contributed by atoms with Gasteiger partial charge in [-0.25, -0.2) is 9.13 Å². The molecule has 0 radical (unpaired) electrons. The number of rotatable bonds is 83. The zero-order valence-corrected chi connectivity index (χ0v) is 71.2. The first kappa shape index (κ1) is 103. The third-order valence-corrected chi connectivity index (χ3v) is 22.0. The van der Waals surface area contributed by atoms with Crippen LogP contribution in [0.15, 0.2) is 0 Å². The van der Waals surface area contributed by atoms with Gasteiger partial charge in [0.1, 0.15) is 19.3 Å². The third-order valence-electron chi connectivity index (χ3n) is 20.1. The van der Waals surface area contributed by atoms with E-state index in [2.05, 4.69) is 55.4 Å². The molecule has 0 saturated carbocycles. The van der Waals surface area contributed by atoms with Crippen LogP contribution in [0.25, 0.3) is 0 Å². The standard InChI is InChI=1S/C86H168O17P2/c1-76(2)62-54-46-38-30-24-18-13-9-11-15-21-27-33-42-50-58-66-83(88)96-72-81(102-85(90)68-60-52-44-34-28-22-16-12-10-14-19-25-31-39-47-55-63-77(3)4)74-100-104(92,93)98-70-80(87)71-99-105(94,95)101-75-82(73-97-84(89)67-59-51-43-37-36-41-49-57-65-79(7)8)103-86(91)69-61-53-45-35-29-23-17-20-26-32-40-48-56-64-78(5)6/h76-82,87H,9-75H2,1-8H3,(H,92,93)(H,94,95)/t80-,81-,82-/m1/s1. The van der Waals surface area contributed by atoms with Crippen LogP contribution < -0.4 is 0 Å². The van der Waals surface area contributed by atoms with Gasteiger partial charge < -0.3 is 33.8 Å². The Morgan fingerprint density at radius 1 is 0.238 bits per heavy atom. The predicted molar refractivity (Wildman–Crippen MR) is 432 cm³/mol. The fraction of sp³-hybridized carbons (Fsp3) is 0.953. The van der Waals surface area contributed by atoms with Gasteiger partial charge in [0.25, 0.3) is 0 Å². The van der Waals surface area contributed by atoms with Gasteiger partial charge in [-0.2, -0.15) is 0 Å². The lowest BCUT2D eigenvalue weighted by Crippen LogP contribution is -2.30. The van der Waals surface area contributed by atoms with Crippen LogP contribution in [0.5, 0.6) is 0 Å². The fourth-order valence-corrected chi connectivity index (χ4v) is 14.9. The summed E-state index contributed by atoms with van der Waals surface area (Å²) < 4.78 is 68.9. The number of unbranched alkanes of at least 4 members (excludes halogenated alkanes) is 49. The van der Waals surface area contributed by atoms with E-state index in [-0.39, 0.29) is 25.7 Å². The molecule has 0 rings (SSSR count). The van der Waals surface area contributed by atoms with Crippen LogP contribution in [0.3, 0.4) is 0 Å². The Balaban J connectivity index is 5.25. The van der Waals surface area contributed by atoms with Crippen molar-refractivity contribution < 1.29 is 80.2 Å². The number of aliphatic hydroxyl groups is 1. The minimum absolute atomic E-state index is 0.107. The van der Waals surface area contributed by atoms with Crippen LogP contribution >= 0.6 is 15.6 Å². The topological polar surface area (TPSA) is 237 Å². The van der Waals surface area contributed by atoms with Gasteiger partial charge in [0.15, 0.2) is 12.2 Å². The second-order valence-corrected chi connectivity index (χ2v) is 35.7. The lowest BCUT2D eigenvalue weighted by molar-refractivity contribution is -0.161. The molecule has 0 aliphatic rings. The highest BCUT2D eigenvalue weighted by Crippen LogP contribution is 2.45. The molecule has 105 heavy (non-hydrogen) atoms. The maximum Gasteiger partial charge on any atom is 0.472 e. The Hall–Kier alpha value is -1.94. The fourth-order valence-electron chi connectivity index (χ4n) is 13.3. The van der Waals surface area contributed by atoms with Crippen molar-refractivity contribution >= 4 is 39.5 Å². The Labute approximate surface area is 645 Å². The van der Waals surface area contributed by atoms with Crippen LogP contribution in [0.1, 0.15) is 447 Å². The number of hydrogen-bond donors (Lipinski definition) is 3. The number of hydrogen-bond acceptors (Lipinski definition) is 15. The van der Waals surface area contributed by atoms with E-state index in [1.54, 1.807) is 0 Å². The molecule has 0 spiro atoms. The molecule has 0 fully saturated rings. The smallest absolute Gasteiger partial charge is 0.462 e. The molecule has 0 aromatic carbocycles. The van der Waals surface area contributed by atoms with E-state index >= 15 is 0 Å². The zero-order chi connectivity index (χ0) is 77.4. The summed E-state index contributed by atoms with van der Waals surface area (Å²) in [5.74, 6) is 1.03. The highest BCUT2D eigenvalue weighted by atomic mass is 31.2. The number of carbonyl (C=O) groups excluding carboxylic acids is 4. The van der Waals surface area contributed by atoms with Gasteiger partial charge in [0, 0.05) is 25.7 Å². The lowest BCUT2D eigenvalue weighted by atomic mass is 10.0. The second kappa shape index (κ2) is 74.8. The summed E-state index contributed by atoms with van der Waals surface area (Å²) in [5.41, 5.74) is 0. The maximum atomic E-state index is 13.1. The highest BCUT2D eigenvalue weighted by Gasteiger charge is 2.30. The molecule has 624 valence electrons. The zero-order valence-electron chi connectivity index (χ0n) is 69.4. The Kier molecular flexibility index (Phi) is 73.4. The molecule has 2 unspecified atom stereocenters. The average molecular weight is 1540 g/mol. The number of esters is 4. The summed E-state index contributed by atoms with van der Waals surface area (Å²) in [6, 6.07) is 0. The number of ether oxygens (including phenoxy) is 4. The van der Waals surface area contributed by atoms with Gasteiger partial charge in [0.2, 0.25) is 0 Å². The van der Waals surface area contributed by atoms with Crippen molar-refractivity contribution in [3.63, 3.8) is 0 Å². The molecule has 19 heteroatoms. The first-order chi connectivity index (χ1) is 50.6. The molecular formula is C86H168O17P2. The molecule has 17 nitrogen and oxygen atoms in total. The van der Waals surface area contributed by atoms with E-state index in [0.717, 1.165) is 114 Å². The van der Waals surface area contributed by atoms with Crippen molar-refractivity contribution in [3.05, 3.63) is 0 Å². The van der Waals surface area contributed by atoms with Crippen molar-refractivity contribution in [2.45, 2.75) is 465 Å². The Morgan fingerprint density at radius 2 is 0.400 bits per heavy atom. The lowest BCUT2D eigenvalue weighted by Gasteiger charge is -2.21. The molecule has 0 saturated heterocycles. The van der Waals surface area contributed by atoms with Crippen molar-refractivity contribution in [2.24, 2.45) is 23.7 Å². The SMILES string of the molecule is CC(C)CCCCCCCCCCCCCCCCCCC(=O)OC[C@H](COP(=O)(O)OC[C@@H](O)COP(=O)(O)OC[C@@H](COC(=O)CCCCCCCCCCC(C)C)OC(=O)CCCCCCCCCCCCCCCC(C)C)OC(=O)CCCCCCCCCCCCCCCCCCC(C)C. The number of aliphatic hydroxyl groups excluding tert-OH is 1. The molecule has 0 bridgehead atoms. The quantitative estimate of drug-likeness (QED) is 0.0222. The third kappa shape index (κ3) is 79.9. The number of carbonyl (C=O) groups is 4. The molecule has 5 atom stereocenters. The van der Waals surface area contributed by atoms with Crippen LogP contribution in [-0.4, -0.2) is 96.7 Å². The largest absolute Gasteiger partial charge is 0.472 e. The molecule has 0 aromatic heterocycles. The van der Waals surface area contributed by atoms with Crippen molar-refractivity contribution in [1.82, 2.24) is 0 Å². The van der Waals surface area contributed by atoms with Crippen LogP contribution in [0.2, 0.25) is 0 Å². The molecular weight excluding hydrogens is 1370 g/mol. The molecule has 0 aliphatic heterocycles. The van der Waals surface area contributed by atoms with E-state index < -0.39 is 97.5 Å². The minimum Gasteiger partial charge on any atom is -0.462 e. The van der Waals surface area contributed by atoms with Crippen molar-refractivity contribution in [2.75, 3.05) is 39.6 Å². The van der Waals surface area contributed by atoms with E-state index in [1.165, 1.54) is 250 Å². The van der Waals surface area contributed by atoms with Gasteiger partial charge in [-0.15, -0.1) is 0 Å². The Bertz CT molecular complexity index is 2040. The summed E-state index contributed by atoms with van der Waals surface area (Å²) in [6.45, 7) is 14.3. The number of phosphoric acid groups is 2. The van der Waals surface area contributed by atoms with Crippen LogP contribution in [-0.2, 0) is 65.4 Å². The molecule has 3 N–H and O–H groups in total. The highest BCUT2D eigenvalue weighted by molar-refractivity contribution is 7.47. The maximum absolute atomic E-state index is 13.1.